The average molecular weight is 299 g/mol. The zero-order valence-corrected chi connectivity index (χ0v) is 12.5. The van der Waals surface area contributed by atoms with Crippen molar-refractivity contribution in [3.63, 3.8) is 0 Å². The van der Waals surface area contributed by atoms with E-state index in [-0.39, 0.29) is 18.1 Å². The van der Waals surface area contributed by atoms with E-state index in [9.17, 15) is 4.79 Å². The molecule has 0 fully saturated rings. The van der Waals surface area contributed by atoms with Crippen LogP contribution in [0.1, 0.15) is 30.0 Å². The molecule has 22 heavy (non-hydrogen) atoms. The van der Waals surface area contributed by atoms with Gasteiger partial charge < -0.3 is 19.8 Å². The minimum atomic E-state index is -0.121. The summed E-state index contributed by atoms with van der Waals surface area (Å²) in [6.07, 6.45) is 0.776. The molecule has 0 atom stereocenters. The van der Waals surface area contributed by atoms with E-state index in [1.807, 2.05) is 18.2 Å². The molecule has 0 unspecified atom stereocenters. The second-order valence-electron chi connectivity index (χ2n) is 6.50. The Labute approximate surface area is 127 Å². The molecule has 0 saturated heterocycles. The fraction of sp³-hybridized carbons (Fsp3) is 0.375. The summed E-state index contributed by atoms with van der Waals surface area (Å²) in [6.45, 7) is 5.15. The van der Waals surface area contributed by atoms with Crippen LogP contribution in [0.5, 0.6) is 11.5 Å². The van der Waals surface area contributed by atoms with Gasteiger partial charge in [-0.15, -0.1) is 0 Å². The van der Waals surface area contributed by atoms with Crippen LogP contribution in [0.4, 0.5) is 0 Å². The van der Waals surface area contributed by atoms with Gasteiger partial charge in [-0.25, -0.2) is 4.98 Å². The van der Waals surface area contributed by atoms with Gasteiger partial charge in [-0.1, -0.05) is 13.8 Å². The van der Waals surface area contributed by atoms with Crippen molar-refractivity contribution < 1.29 is 14.3 Å². The molecule has 2 aliphatic heterocycles. The normalized spacial score (nSPS) is 18.5. The third kappa shape index (κ3) is 2.11. The van der Waals surface area contributed by atoms with E-state index in [1.54, 1.807) is 0 Å². The number of hydrogen-bond donors (Lipinski definition) is 2. The van der Waals surface area contributed by atoms with Crippen LogP contribution in [0.15, 0.2) is 18.2 Å². The minimum Gasteiger partial charge on any atom is -0.454 e. The molecule has 2 aliphatic rings. The molecule has 0 spiro atoms. The molecular formula is C16H17N3O3. The topological polar surface area (TPSA) is 76.2 Å². The lowest BCUT2D eigenvalue weighted by Crippen LogP contribution is -2.32. The molecule has 1 aromatic heterocycles. The highest BCUT2D eigenvalue weighted by atomic mass is 16.7. The molecule has 3 heterocycles. The van der Waals surface area contributed by atoms with Crippen LogP contribution < -0.4 is 14.8 Å². The van der Waals surface area contributed by atoms with Gasteiger partial charge in [0.25, 0.3) is 5.91 Å². The highest BCUT2D eigenvalue weighted by Gasteiger charge is 2.30. The number of H-pyrrole nitrogens is 1. The summed E-state index contributed by atoms with van der Waals surface area (Å²) in [5, 5.41) is 2.93. The second-order valence-corrected chi connectivity index (χ2v) is 6.50. The molecule has 0 radical (unpaired) electrons. The molecule has 0 saturated carbocycles. The number of benzene rings is 1. The van der Waals surface area contributed by atoms with Crippen molar-refractivity contribution in [2.45, 2.75) is 20.3 Å². The number of rotatable bonds is 1. The number of aromatic amines is 1. The predicted octanol–water partition coefficient (Wildman–Crippen LogP) is 2.12. The Kier molecular flexibility index (Phi) is 2.69. The first-order valence-electron chi connectivity index (χ1n) is 7.29. The SMILES string of the molecule is CC1(C)CNC(=O)c2nc(-c3ccc4c(c3)OCO4)[nH]c2C1. The van der Waals surface area contributed by atoms with E-state index in [0.29, 0.717) is 23.8 Å². The van der Waals surface area contributed by atoms with Gasteiger partial charge in [0, 0.05) is 17.8 Å². The third-order valence-corrected chi connectivity index (χ3v) is 4.02. The highest BCUT2D eigenvalue weighted by molar-refractivity contribution is 5.94. The van der Waals surface area contributed by atoms with Gasteiger partial charge in [-0.2, -0.15) is 0 Å². The van der Waals surface area contributed by atoms with E-state index < -0.39 is 0 Å². The lowest BCUT2D eigenvalue weighted by Gasteiger charge is -2.21. The second kappa shape index (κ2) is 4.50. The Morgan fingerprint density at radius 2 is 2.05 bits per heavy atom. The summed E-state index contributed by atoms with van der Waals surface area (Å²) < 4.78 is 10.7. The Hall–Kier alpha value is -2.50. The number of nitrogens with zero attached hydrogens (tertiary/aromatic N) is 1. The Balaban J connectivity index is 1.76. The van der Waals surface area contributed by atoms with E-state index in [2.05, 4.69) is 29.1 Å². The molecular weight excluding hydrogens is 282 g/mol. The maximum atomic E-state index is 12.2. The number of aromatic nitrogens is 2. The summed E-state index contributed by atoms with van der Waals surface area (Å²) in [5.41, 5.74) is 2.24. The van der Waals surface area contributed by atoms with Crippen LogP contribution in [0.25, 0.3) is 11.4 Å². The average Bonchev–Trinajstić information content (AvgIpc) is 3.08. The van der Waals surface area contributed by atoms with Crippen molar-refractivity contribution >= 4 is 5.91 Å². The quantitative estimate of drug-likeness (QED) is 0.845. The smallest absolute Gasteiger partial charge is 0.271 e. The lowest BCUT2D eigenvalue weighted by atomic mass is 9.88. The first kappa shape index (κ1) is 13.2. The number of imidazole rings is 1. The van der Waals surface area contributed by atoms with Gasteiger partial charge in [0.1, 0.15) is 11.5 Å². The minimum absolute atomic E-state index is 0.000397. The third-order valence-electron chi connectivity index (χ3n) is 4.02. The van der Waals surface area contributed by atoms with Crippen LogP contribution in [0.2, 0.25) is 0 Å². The van der Waals surface area contributed by atoms with Gasteiger partial charge in [-0.05, 0) is 30.0 Å². The molecule has 2 aromatic rings. The van der Waals surface area contributed by atoms with E-state index in [0.717, 1.165) is 23.4 Å². The van der Waals surface area contributed by atoms with E-state index in [4.69, 9.17) is 9.47 Å². The molecule has 2 N–H and O–H groups in total. The molecule has 4 rings (SSSR count). The summed E-state index contributed by atoms with van der Waals surface area (Å²) in [6, 6.07) is 5.65. The van der Waals surface area contributed by atoms with Crippen molar-refractivity contribution in [1.82, 2.24) is 15.3 Å². The lowest BCUT2D eigenvalue weighted by molar-refractivity contribution is 0.0940. The molecule has 1 aromatic carbocycles. The Morgan fingerprint density at radius 1 is 1.23 bits per heavy atom. The largest absolute Gasteiger partial charge is 0.454 e. The summed E-state index contributed by atoms with van der Waals surface area (Å²) >= 11 is 0. The molecule has 6 nitrogen and oxygen atoms in total. The standard InChI is InChI=1S/C16H17N3O3/c1-16(2)6-10-13(15(20)17-7-16)19-14(18-10)9-3-4-11-12(5-9)22-8-21-11/h3-5H,6-8H2,1-2H3,(H,17,20)(H,18,19). The highest BCUT2D eigenvalue weighted by Crippen LogP contribution is 2.36. The van der Waals surface area contributed by atoms with Crippen LogP contribution >= 0.6 is 0 Å². The first-order valence-corrected chi connectivity index (χ1v) is 7.29. The van der Waals surface area contributed by atoms with E-state index >= 15 is 0 Å². The van der Waals surface area contributed by atoms with Gasteiger partial charge in [0.15, 0.2) is 11.5 Å². The number of ether oxygens (including phenoxy) is 2. The molecule has 114 valence electrons. The van der Waals surface area contributed by atoms with Gasteiger partial charge in [-0.3, -0.25) is 4.79 Å². The molecule has 6 heteroatoms. The predicted molar refractivity (Wildman–Crippen MR) is 80.0 cm³/mol. The summed E-state index contributed by atoms with van der Waals surface area (Å²) in [4.78, 5) is 20.0. The van der Waals surface area contributed by atoms with Crippen molar-refractivity contribution in [2.75, 3.05) is 13.3 Å². The molecule has 0 aliphatic carbocycles. The number of hydrogen-bond acceptors (Lipinski definition) is 4. The number of amides is 1. The zero-order valence-electron chi connectivity index (χ0n) is 12.5. The Bertz CT molecular complexity index is 764. The summed E-state index contributed by atoms with van der Waals surface area (Å²) in [7, 11) is 0. The number of carbonyl (C=O) groups is 1. The number of nitrogens with one attached hydrogen (secondary N) is 2. The van der Waals surface area contributed by atoms with E-state index in [1.165, 1.54) is 0 Å². The number of carbonyl (C=O) groups excluding carboxylic acids is 1. The fourth-order valence-corrected chi connectivity index (χ4v) is 2.85. The first-order chi connectivity index (χ1) is 10.5. The van der Waals surface area contributed by atoms with Crippen molar-refractivity contribution in [3.05, 3.63) is 29.6 Å². The number of fused-ring (bicyclic) bond motifs is 2. The van der Waals surface area contributed by atoms with Crippen molar-refractivity contribution in [3.8, 4) is 22.9 Å². The Morgan fingerprint density at radius 3 is 2.91 bits per heavy atom. The van der Waals surface area contributed by atoms with Gasteiger partial charge in [0.05, 0.1) is 0 Å². The van der Waals surface area contributed by atoms with Gasteiger partial charge >= 0.3 is 0 Å². The van der Waals surface area contributed by atoms with Crippen LogP contribution in [-0.2, 0) is 6.42 Å². The van der Waals surface area contributed by atoms with Gasteiger partial charge in [0.2, 0.25) is 6.79 Å². The summed E-state index contributed by atoms with van der Waals surface area (Å²) in [5.74, 6) is 1.99. The molecule has 0 bridgehead atoms. The van der Waals surface area contributed by atoms with Crippen molar-refractivity contribution in [2.24, 2.45) is 5.41 Å². The molecule has 1 amide bonds. The van der Waals surface area contributed by atoms with Crippen LogP contribution in [0.3, 0.4) is 0 Å². The monoisotopic (exact) mass is 299 g/mol. The van der Waals surface area contributed by atoms with Crippen LogP contribution in [0, 0.1) is 5.41 Å². The maximum Gasteiger partial charge on any atom is 0.271 e. The van der Waals surface area contributed by atoms with Crippen molar-refractivity contribution in [1.29, 1.82) is 0 Å². The van der Waals surface area contributed by atoms with Crippen LogP contribution in [-0.4, -0.2) is 29.2 Å². The zero-order chi connectivity index (χ0) is 15.3. The fourth-order valence-electron chi connectivity index (χ4n) is 2.85. The maximum absolute atomic E-state index is 12.2.